The highest BCUT2D eigenvalue weighted by atomic mass is 35.5. The van der Waals surface area contributed by atoms with Gasteiger partial charge in [0, 0.05) is 5.02 Å². The molecule has 0 bridgehead atoms. The topological polar surface area (TPSA) is 57.6 Å². The molecule has 0 heterocycles. The minimum absolute atomic E-state index is 0.130. The van der Waals surface area contributed by atoms with Gasteiger partial charge in [-0.25, -0.2) is 4.39 Å². The molecule has 92 valence electrons. The zero-order valence-electron chi connectivity index (χ0n) is 9.11. The van der Waals surface area contributed by atoms with Crippen LogP contribution >= 0.6 is 11.6 Å². The normalized spacial score (nSPS) is 10.6. The van der Waals surface area contributed by atoms with Gasteiger partial charge < -0.3 is 5.11 Å². The Balaban J connectivity index is 2.76. The van der Waals surface area contributed by atoms with E-state index in [0.29, 0.717) is 0 Å². The molecule has 0 saturated heterocycles. The highest BCUT2D eigenvalue weighted by Gasteiger charge is 2.15. The van der Waals surface area contributed by atoms with Gasteiger partial charge in [-0.15, -0.1) is 0 Å². The number of hydrogen-bond acceptors (Lipinski definition) is 3. The summed E-state index contributed by atoms with van der Waals surface area (Å²) < 4.78 is 13.3. The van der Waals surface area contributed by atoms with E-state index in [1.54, 1.807) is 0 Å². The number of Topliss-reactive ketones (excluding diaryl/α,β-unsaturated/α-hetero) is 1. The van der Waals surface area contributed by atoms with E-state index >= 15 is 0 Å². The molecular formula is C11H11ClFNO3. The number of rotatable bonds is 5. The largest absolute Gasteiger partial charge is 0.480 e. The van der Waals surface area contributed by atoms with E-state index in [-0.39, 0.29) is 23.7 Å². The number of aliphatic carboxylic acids is 1. The summed E-state index contributed by atoms with van der Waals surface area (Å²) in [6.45, 7) is -0.461. The van der Waals surface area contributed by atoms with Crippen LogP contribution in [-0.2, 0) is 4.79 Å². The second-order valence-corrected chi connectivity index (χ2v) is 4.05. The number of carbonyl (C=O) groups is 2. The standard InChI is InChI=1S/C11H11ClFNO3/c1-14(6-11(16)17)5-10(15)8-4-7(12)2-3-9(8)13/h2-4H,5-6H2,1H3,(H,16,17). The molecule has 0 amide bonds. The van der Waals surface area contributed by atoms with Gasteiger partial charge in [-0.05, 0) is 25.2 Å². The van der Waals surface area contributed by atoms with Crippen LogP contribution in [-0.4, -0.2) is 41.9 Å². The molecule has 0 aromatic heterocycles. The van der Waals surface area contributed by atoms with E-state index in [0.717, 1.165) is 6.07 Å². The third kappa shape index (κ3) is 4.13. The minimum Gasteiger partial charge on any atom is -0.480 e. The van der Waals surface area contributed by atoms with Crippen molar-refractivity contribution in [3.8, 4) is 0 Å². The maximum atomic E-state index is 13.3. The molecule has 1 N–H and O–H groups in total. The number of hydrogen-bond donors (Lipinski definition) is 1. The molecule has 0 saturated carbocycles. The summed E-state index contributed by atoms with van der Waals surface area (Å²) in [6.07, 6.45) is 0. The zero-order valence-corrected chi connectivity index (χ0v) is 9.87. The number of halogens is 2. The van der Waals surface area contributed by atoms with Crippen molar-refractivity contribution in [2.75, 3.05) is 20.1 Å². The molecule has 17 heavy (non-hydrogen) atoms. The molecule has 0 unspecified atom stereocenters. The third-order valence-corrected chi connectivity index (χ3v) is 2.28. The van der Waals surface area contributed by atoms with E-state index in [1.807, 2.05) is 0 Å². The molecule has 0 atom stereocenters. The van der Waals surface area contributed by atoms with Crippen LogP contribution in [0.2, 0.25) is 5.02 Å². The lowest BCUT2D eigenvalue weighted by molar-refractivity contribution is -0.137. The van der Waals surface area contributed by atoms with Gasteiger partial charge in [-0.1, -0.05) is 11.6 Å². The summed E-state index contributed by atoms with van der Waals surface area (Å²) in [7, 11) is 1.47. The quantitative estimate of drug-likeness (QED) is 0.818. The number of ketones is 1. The lowest BCUT2D eigenvalue weighted by Gasteiger charge is -2.13. The van der Waals surface area contributed by atoms with Crippen molar-refractivity contribution in [1.82, 2.24) is 4.90 Å². The fraction of sp³-hybridized carbons (Fsp3) is 0.273. The van der Waals surface area contributed by atoms with Crippen molar-refractivity contribution in [2.45, 2.75) is 0 Å². The molecule has 4 nitrogen and oxygen atoms in total. The Bertz CT molecular complexity index is 450. The van der Waals surface area contributed by atoms with Crippen molar-refractivity contribution in [2.24, 2.45) is 0 Å². The monoisotopic (exact) mass is 259 g/mol. The van der Waals surface area contributed by atoms with Crippen molar-refractivity contribution in [1.29, 1.82) is 0 Å². The van der Waals surface area contributed by atoms with Crippen LogP contribution in [0.5, 0.6) is 0 Å². The first-order valence-corrected chi connectivity index (χ1v) is 5.16. The summed E-state index contributed by atoms with van der Waals surface area (Å²) in [5.41, 5.74) is -0.130. The Kier molecular flexibility index (Phi) is 4.60. The predicted molar refractivity (Wildman–Crippen MR) is 60.9 cm³/mol. The van der Waals surface area contributed by atoms with Crippen LogP contribution in [0.1, 0.15) is 10.4 Å². The van der Waals surface area contributed by atoms with Crippen LogP contribution < -0.4 is 0 Å². The first kappa shape index (κ1) is 13.6. The number of carboxylic acid groups (broad SMARTS) is 1. The summed E-state index contributed by atoms with van der Waals surface area (Å²) in [4.78, 5) is 23.4. The van der Waals surface area contributed by atoms with Crippen LogP contribution in [0.4, 0.5) is 4.39 Å². The van der Waals surface area contributed by atoms with E-state index in [1.165, 1.54) is 24.1 Å². The number of carboxylic acids is 1. The molecular weight excluding hydrogens is 249 g/mol. The molecule has 0 aliphatic heterocycles. The van der Waals surface area contributed by atoms with Crippen molar-refractivity contribution >= 4 is 23.4 Å². The number of likely N-dealkylation sites (N-methyl/N-ethyl adjacent to an activating group) is 1. The van der Waals surface area contributed by atoms with Crippen LogP contribution in [0.3, 0.4) is 0 Å². The molecule has 1 aromatic rings. The van der Waals surface area contributed by atoms with Gasteiger partial charge in [0.05, 0.1) is 18.7 Å². The fourth-order valence-corrected chi connectivity index (χ4v) is 1.50. The summed E-state index contributed by atoms with van der Waals surface area (Å²) in [5, 5.41) is 8.78. The Hall–Kier alpha value is -1.46. The number of nitrogens with zero attached hydrogens (tertiary/aromatic N) is 1. The van der Waals surface area contributed by atoms with Crippen LogP contribution in [0, 0.1) is 5.82 Å². The van der Waals surface area contributed by atoms with Crippen LogP contribution in [0.25, 0.3) is 0 Å². The number of carbonyl (C=O) groups excluding carboxylic acids is 1. The van der Waals surface area contributed by atoms with Gasteiger partial charge in [0.1, 0.15) is 5.82 Å². The predicted octanol–water partition coefficient (Wildman–Crippen LogP) is 1.68. The summed E-state index contributed by atoms with van der Waals surface area (Å²) >= 11 is 5.66. The van der Waals surface area contributed by atoms with Gasteiger partial charge in [0.15, 0.2) is 5.78 Å². The molecule has 1 rings (SSSR count). The van der Waals surface area contributed by atoms with Gasteiger partial charge in [0.2, 0.25) is 0 Å². The zero-order chi connectivity index (χ0) is 13.0. The van der Waals surface area contributed by atoms with Crippen LogP contribution in [0.15, 0.2) is 18.2 Å². The van der Waals surface area contributed by atoms with Crippen molar-refractivity contribution in [3.63, 3.8) is 0 Å². The molecule has 0 aliphatic carbocycles. The maximum Gasteiger partial charge on any atom is 0.317 e. The second kappa shape index (κ2) is 5.75. The first-order valence-electron chi connectivity index (χ1n) is 4.78. The maximum absolute atomic E-state index is 13.3. The Morgan fingerprint density at radius 1 is 1.41 bits per heavy atom. The van der Waals surface area contributed by atoms with E-state index in [2.05, 4.69) is 0 Å². The van der Waals surface area contributed by atoms with Gasteiger partial charge in [-0.3, -0.25) is 14.5 Å². The number of benzene rings is 1. The average molecular weight is 260 g/mol. The van der Waals surface area contributed by atoms with E-state index < -0.39 is 17.6 Å². The van der Waals surface area contributed by atoms with Gasteiger partial charge in [-0.2, -0.15) is 0 Å². The molecule has 0 radical (unpaired) electrons. The first-order chi connectivity index (χ1) is 7.90. The van der Waals surface area contributed by atoms with Gasteiger partial charge >= 0.3 is 5.97 Å². The molecule has 0 fully saturated rings. The van der Waals surface area contributed by atoms with E-state index in [9.17, 15) is 14.0 Å². The van der Waals surface area contributed by atoms with Gasteiger partial charge in [0.25, 0.3) is 0 Å². The third-order valence-electron chi connectivity index (χ3n) is 2.05. The average Bonchev–Trinajstić information content (AvgIpc) is 2.20. The summed E-state index contributed by atoms with van der Waals surface area (Å²) in [5.74, 6) is -2.22. The molecule has 1 aromatic carbocycles. The smallest absolute Gasteiger partial charge is 0.317 e. The SMILES string of the molecule is CN(CC(=O)O)CC(=O)c1cc(Cl)ccc1F. The van der Waals surface area contributed by atoms with Crippen molar-refractivity contribution in [3.05, 3.63) is 34.6 Å². The fourth-order valence-electron chi connectivity index (χ4n) is 1.33. The lowest BCUT2D eigenvalue weighted by atomic mass is 10.1. The highest BCUT2D eigenvalue weighted by Crippen LogP contribution is 2.15. The Morgan fingerprint density at radius 2 is 2.06 bits per heavy atom. The molecule has 0 aliphatic rings. The molecule has 6 heteroatoms. The highest BCUT2D eigenvalue weighted by molar-refractivity contribution is 6.31. The lowest BCUT2D eigenvalue weighted by Crippen LogP contribution is -2.31. The Labute approximate surface area is 103 Å². The van der Waals surface area contributed by atoms with E-state index in [4.69, 9.17) is 16.7 Å². The molecule has 0 spiro atoms. The Morgan fingerprint density at radius 3 is 2.65 bits per heavy atom. The summed E-state index contributed by atoms with van der Waals surface area (Å²) in [6, 6.07) is 3.68. The van der Waals surface area contributed by atoms with Crippen molar-refractivity contribution < 1.29 is 19.1 Å². The second-order valence-electron chi connectivity index (χ2n) is 3.61. The minimum atomic E-state index is -1.05.